The van der Waals surface area contributed by atoms with Gasteiger partial charge in [-0.15, -0.1) is 11.3 Å². The molecule has 1 amide bonds. The minimum Gasteiger partial charge on any atom is -0.444 e. The van der Waals surface area contributed by atoms with E-state index in [1.807, 2.05) is 44.0 Å². The SMILES string of the molecule is Cc1nc2ccsc2c(NCCC2CCN(C(=O)OC(C)(C)C)CC2)c1N. The number of nitrogens with zero attached hydrogens (tertiary/aromatic N) is 2. The number of aromatic nitrogens is 1. The number of aryl methyl sites for hydroxylation is 1. The summed E-state index contributed by atoms with van der Waals surface area (Å²) in [5, 5.41) is 5.59. The van der Waals surface area contributed by atoms with E-state index >= 15 is 0 Å². The lowest BCUT2D eigenvalue weighted by Crippen LogP contribution is -2.41. The van der Waals surface area contributed by atoms with E-state index in [1.54, 1.807) is 11.3 Å². The van der Waals surface area contributed by atoms with Crippen molar-refractivity contribution in [1.29, 1.82) is 0 Å². The quantitative estimate of drug-likeness (QED) is 0.795. The fourth-order valence-corrected chi connectivity index (χ4v) is 4.30. The summed E-state index contributed by atoms with van der Waals surface area (Å²) in [7, 11) is 0. The molecule has 3 N–H and O–H groups in total. The maximum Gasteiger partial charge on any atom is 0.410 e. The Labute approximate surface area is 165 Å². The molecule has 0 unspecified atom stereocenters. The zero-order chi connectivity index (χ0) is 19.6. The van der Waals surface area contributed by atoms with Crippen LogP contribution in [-0.2, 0) is 4.74 Å². The van der Waals surface area contributed by atoms with Crippen molar-refractivity contribution in [2.75, 3.05) is 30.7 Å². The van der Waals surface area contributed by atoms with Gasteiger partial charge in [-0.05, 0) is 64.3 Å². The topological polar surface area (TPSA) is 80.5 Å². The van der Waals surface area contributed by atoms with Crippen LogP contribution in [0.1, 0.15) is 45.7 Å². The molecule has 0 bridgehead atoms. The number of piperidine rings is 1. The number of carbonyl (C=O) groups excluding carboxylic acids is 1. The van der Waals surface area contributed by atoms with Crippen LogP contribution in [0.5, 0.6) is 0 Å². The average molecular weight is 391 g/mol. The Balaban J connectivity index is 1.50. The van der Waals surface area contributed by atoms with Crippen molar-refractivity contribution >= 4 is 39.0 Å². The van der Waals surface area contributed by atoms with Crippen LogP contribution in [0.3, 0.4) is 0 Å². The highest BCUT2D eigenvalue weighted by Crippen LogP contribution is 2.34. The molecule has 0 radical (unpaired) electrons. The second kappa shape index (κ2) is 7.92. The van der Waals surface area contributed by atoms with Gasteiger partial charge in [0.2, 0.25) is 0 Å². The number of rotatable bonds is 4. The normalized spacial score (nSPS) is 15.9. The molecule has 0 spiro atoms. The Morgan fingerprint density at radius 1 is 1.41 bits per heavy atom. The summed E-state index contributed by atoms with van der Waals surface area (Å²) < 4.78 is 6.59. The molecule has 27 heavy (non-hydrogen) atoms. The molecule has 1 aliphatic rings. The number of ether oxygens (including phenoxy) is 1. The molecule has 0 saturated carbocycles. The monoisotopic (exact) mass is 390 g/mol. The van der Waals surface area contributed by atoms with Gasteiger partial charge in [-0.2, -0.15) is 0 Å². The molecule has 0 aliphatic carbocycles. The highest BCUT2D eigenvalue weighted by Gasteiger charge is 2.26. The van der Waals surface area contributed by atoms with Crippen LogP contribution in [0.15, 0.2) is 11.4 Å². The molecule has 2 aromatic rings. The number of anilines is 2. The van der Waals surface area contributed by atoms with Gasteiger partial charge in [0.15, 0.2) is 0 Å². The van der Waals surface area contributed by atoms with Crippen molar-refractivity contribution in [3.63, 3.8) is 0 Å². The molecule has 3 rings (SSSR count). The van der Waals surface area contributed by atoms with E-state index in [0.29, 0.717) is 5.92 Å². The molecular formula is C20H30N4O2S. The van der Waals surface area contributed by atoms with Crippen molar-refractivity contribution in [3.05, 3.63) is 17.1 Å². The van der Waals surface area contributed by atoms with Crippen molar-refractivity contribution in [1.82, 2.24) is 9.88 Å². The number of amides is 1. The largest absolute Gasteiger partial charge is 0.444 e. The third kappa shape index (κ3) is 4.83. The van der Waals surface area contributed by atoms with Crippen molar-refractivity contribution in [2.24, 2.45) is 5.92 Å². The first-order chi connectivity index (χ1) is 12.7. The fraction of sp³-hybridized carbons (Fsp3) is 0.600. The predicted molar refractivity (Wildman–Crippen MR) is 112 cm³/mol. The van der Waals surface area contributed by atoms with Crippen LogP contribution < -0.4 is 11.1 Å². The average Bonchev–Trinajstić information content (AvgIpc) is 3.05. The summed E-state index contributed by atoms with van der Waals surface area (Å²) in [6.45, 7) is 10.1. The number of fused-ring (bicyclic) bond motifs is 1. The predicted octanol–water partition coefficient (Wildman–Crippen LogP) is 4.64. The van der Waals surface area contributed by atoms with Crippen LogP contribution >= 0.6 is 11.3 Å². The minimum atomic E-state index is -0.437. The number of nitrogen functional groups attached to an aromatic ring is 1. The zero-order valence-electron chi connectivity index (χ0n) is 16.7. The van der Waals surface area contributed by atoms with Crippen molar-refractivity contribution < 1.29 is 9.53 Å². The molecule has 1 fully saturated rings. The smallest absolute Gasteiger partial charge is 0.410 e. The Morgan fingerprint density at radius 2 is 2.11 bits per heavy atom. The number of nitrogens with one attached hydrogen (secondary N) is 1. The lowest BCUT2D eigenvalue weighted by molar-refractivity contribution is 0.0182. The van der Waals surface area contributed by atoms with E-state index in [9.17, 15) is 4.79 Å². The van der Waals surface area contributed by atoms with Gasteiger partial charge in [-0.3, -0.25) is 0 Å². The van der Waals surface area contributed by atoms with Crippen LogP contribution in [0.2, 0.25) is 0 Å². The first kappa shape index (κ1) is 19.7. The maximum atomic E-state index is 12.2. The third-order valence-electron chi connectivity index (χ3n) is 4.94. The summed E-state index contributed by atoms with van der Waals surface area (Å²) in [5.74, 6) is 0.610. The van der Waals surface area contributed by atoms with Gasteiger partial charge in [-0.1, -0.05) is 0 Å². The molecule has 0 atom stereocenters. The summed E-state index contributed by atoms with van der Waals surface area (Å²) in [6.07, 6.45) is 2.90. The Bertz CT molecular complexity index is 804. The Kier molecular flexibility index (Phi) is 5.79. The number of hydrogen-bond acceptors (Lipinski definition) is 6. The zero-order valence-corrected chi connectivity index (χ0v) is 17.5. The number of nitrogens with two attached hydrogens (primary N) is 1. The number of pyridine rings is 1. The van der Waals surface area contributed by atoms with Gasteiger partial charge in [0.25, 0.3) is 0 Å². The van der Waals surface area contributed by atoms with Crippen LogP contribution in [0, 0.1) is 12.8 Å². The first-order valence-electron chi connectivity index (χ1n) is 9.59. The van der Waals surface area contributed by atoms with E-state index in [1.165, 1.54) is 0 Å². The number of hydrogen-bond donors (Lipinski definition) is 2. The van der Waals surface area contributed by atoms with Gasteiger partial charge in [-0.25, -0.2) is 9.78 Å². The molecule has 1 aliphatic heterocycles. The number of likely N-dealkylation sites (tertiary alicyclic amines) is 1. The van der Waals surface area contributed by atoms with E-state index in [2.05, 4.69) is 10.3 Å². The Hall–Kier alpha value is -2.02. The first-order valence-corrected chi connectivity index (χ1v) is 10.5. The molecule has 7 heteroatoms. The molecule has 1 saturated heterocycles. The summed E-state index contributed by atoms with van der Waals surface area (Å²) in [5.41, 5.74) is 9.44. The van der Waals surface area contributed by atoms with E-state index in [4.69, 9.17) is 10.5 Å². The highest BCUT2D eigenvalue weighted by atomic mass is 32.1. The summed E-state index contributed by atoms with van der Waals surface area (Å²) in [4.78, 5) is 18.5. The van der Waals surface area contributed by atoms with Gasteiger partial charge < -0.3 is 20.7 Å². The van der Waals surface area contributed by atoms with Crippen molar-refractivity contribution in [2.45, 2.75) is 52.6 Å². The summed E-state index contributed by atoms with van der Waals surface area (Å²) in [6, 6.07) is 2.03. The highest BCUT2D eigenvalue weighted by molar-refractivity contribution is 7.17. The second-order valence-electron chi connectivity index (χ2n) is 8.25. The van der Waals surface area contributed by atoms with E-state index in [0.717, 1.165) is 66.2 Å². The van der Waals surface area contributed by atoms with E-state index < -0.39 is 5.60 Å². The van der Waals surface area contributed by atoms with Crippen LogP contribution in [-0.4, -0.2) is 41.2 Å². The maximum absolute atomic E-state index is 12.2. The molecule has 2 aromatic heterocycles. The molecule has 0 aromatic carbocycles. The van der Waals surface area contributed by atoms with Crippen molar-refractivity contribution in [3.8, 4) is 0 Å². The number of thiophene rings is 1. The molecular weight excluding hydrogens is 360 g/mol. The lowest BCUT2D eigenvalue weighted by Gasteiger charge is -2.33. The lowest BCUT2D eigenvalue weighted by atomic mass is 9.94. The molecule has 148 valence electrons. The van der Waals surface area contributed by atoms with Crippen LogP contribution in [0.25, 0.3) is 10.2 Å². The summed E-state index contributed by atoms with van der Waals surface area (Å²) >= 11 is 1.67. The van der Waals surface area contributed by atoms with Gasteiger partial charge in [0.1, 0.15) is 5.60 Å². The van der Waals surface area contributed by atoms with Gasteiger partial charge in [0, 0.05) is 19.6 Å². The van der Waals surface area contributed by atoms with Gasteiger partial charge >= 0.3 is 6.09 Å². The standard InChI is InChI=1S/C20H30N4O2S/c1-13-16(21)17(18-15(23-13)8-12-27-18)22-9-5-14-6-10-24(11-7-14)19(25)26-20(2,3)4/h8,12,14H,5-7,9-11,21H2,1-4H3,(H,22,23). The minimum absolute atomic E-state index is 0.195. The van der Waals surface area contributed by atoms with E-state index in [-0.39, 0.29) is 6.09 Å². The Morgan fingerprint density at radius 3 is 2.78 bits per heavy atom. The number of carbonyl (C=O) groups is 1. The third-order valence-corrected chi connectivity index (χ3v) is 5.86. The second-order valence-corrected chi connectivity index (χ2v) is 9.16. The fourth-order valence-electron chi connectivity index (χ4n) is 3.43. The van der Waals surface area contributed by atoms with Gasteiger partial charge in [0.05, 0.1) is 27.3 Å². The molecule has 6 nitrogen and oxygen atoms in total. The molecule has 3 heterocycles. The van der Waals surface area contributed by atoms with Crippen LogP contribution in [0.4, 0.5) is 16.2 Å².